The van der Waals surface area contributed by atoms with Crippen molar-refractivity contribution in [3.8, 4) is 0 Å². The molecule has 0 saturated heterocycles. The first-order valence-corrected chi connectivity index (χ1v) is 7.50. The average Bonchev–Trinajstić information content (AvgIpc) is 2.94. The zero-order valence-electron chi connectivity index (χ0n) is 9.89. The number of aryl methyl sites for hydroxylation is 1. The number of aromatic nitrogens is 1. The summed E-state index contributed by atoms with van der Waals surface area (Å²) in [7, 11) is 0. The number of rotatable bonds is 3. The van der Waals surface area contributed by atoms with E-state index in [0.29, 0.717) is 0 Å². The van der Waals surface area contributed by atoms with Crippen LogP contribution in [0.4, 0.5) is 0 Å². The van der Waals surface area contributed by atoms with Gasteiger partial charge in [-0.1, -0.05) is 28.1 Å². The quantitative estimate of drug-likeness (QED) is 0.643. The Morgan fingerprint density at radius 1 is 1.33 bits per heavy atom. The van der Waals surface area contributed by atoms with Crippen LogP contribution in [0.1, 0.15) is 21.2 Å². The summed E-state index contributed by atoms with van der Waals surface area (Å²) in [5.74, 6) is 0.995. The Morgan fingerprint density at radius 2 is 2.17 bits per heavy atom. The number of benzene rings is 1. The van der Waals surface area contributed by atoms with E-state index >= 15 is 0 Å². The molecule has 1 atom stereocenters. The number of para-hydroxylation sites is 1. The largest absolute Gasteiger partial charge is 0.468 e. The molecule has 2 aromatic heterocycles. The van der Waals surface area contributed by atoms with E-state index in [-0.39, 0.29) is 4.83 Å². The van der Waals surface area contributed by atoms with Crippen LogP contribution in [0.15, 0.2) is 41.0 Å². The van der Waals surface area contributed by atoms with E-state index in [4.69, 9.17) is 4.42 Å². The van der Waals surface area contributed by atoms with E-state index in [0.717, 1.165) is 22.7 Å². The Kier molecular flexibility index (Phi) is 3.22. The lowest BCUT2D eigenvalue weighted by molar-refractivity contribution is 0.504. The minimum absolute atomic E-state index is 0.188. The SMILES string of the molecule is Cc1ccoc1C(Br)Cc1nc2ccccc2s1. The lowest BCUT2D eigenvalue weighted by atomic mass is 10.2. The molecule has 1 aromatic carbocycles. The highest BCUT2D eigenvalue weighted by atomic mass is 79.9. The third-order valence-electron chi connectivity index (χ3n) is 2.88. The van der Waals surface area contributed by atoms with Crippen molar-refractivity contribution >= 4 is 37.5 Å². The van der Waals surface area contributed by atoms with Crippen molar-refractivity contribution in [3.05, 3.63) is 52.9 Å². The number of halogens is 1. The van der Waals surface area contributed by atoms with Crippen LogP contribution in [-0.2, 0) is 6.42 Å². The Hall–Kier alpha value is -1.13. The molecule has 2 nitrogen and oxygen atoms in total. The predicted octanol–water partition coefficient (Wildman–Crippen LogP) is 4.88. The molecule has 0 fully saturated rings. The molecule has 4 heteroatoms. The highest BCUT2D eigenvalue weighted by molar-refractivity contribution is 9.09. The third kappa shape index (κ3) is 2.22. The van der Waals surface area contributed by atoms with Crippen LogP contribution in [0, 0.1) is 6.92 Å². The lowest BCUT2D eigenvalue weighted by Crippen LogP contribution is -1.94. The van der Waals surface area contributed by atoms with Gasteiger partial charge in [-0.05, 0) is 30.7 Å². The maximum absolute atomic E-state index is 5.50. The van der Waals surface area contributed by atoms with E-state index in [1.807, 2.05) is 18.2 Å². The Labute approximate surface area is 118 Å². The van der Waals surface area contributed by atoms with E-state index in [1.54, 1.807) is 17.6 Å². The Morgan fingerprint density at radius 3 is 2.89 bits per heavy atom. The lowest BCUT2D eigenvalue weighted by Gasteiger charge is -2.05. The second-order valence-corrected chi connectivity index (χ2v) is 6.44. The molecule has 0 amide bonds. The highest BCUT2D eigenvalue weighted by Gasteiger charge is 2.16. The molecule has 0 radical (unpaired) electrons. The monoisotopic (exact) mass is 321 g/mol. The molecule has 3 rings (SSSR count). The molecule has 0 N–H and O–H groups in total. The van der Waals surface area contributed by atoms with Crippen LogP contribution < -0.4 is 0 Å². The van der Waals surface area contributed by atoms with Gasteiger partial charge in [-0.25, -0.2) is 4.98 Å². The van der Waals surface area contributed by atoms with Crippen molar-refractivity contribution in [3.63, 3.8) is 0 Å². The fourth-order valence-corrected chi connectivity index (χ4v) is 3.96. The summed E-state index contributed by atoms with van der Waals surface area (Å²) in [5.41, 5.74) is 2.26. The standard InChI is InChI=1S/C14H12BrNOS/c1-9-6-7-17-14(9)10(15)8-13-16-11-4-2-3-5-12(11)18-13/h2-7,10H,8H2,1H3. The topological polar surface area (TPSA) is 26.0 Å². The van der Waals surface area contributed by atoms with Crippen molar-refractivity contribution in [2.75, 3.05) is 0 Å². The molecule has 0 spiro atoms. The maximum atomic E-state index is 5.50. The van der Waals surface area contributed by atoms with Gasteiger partial charge in [-0.15, -0.1) is 11.3 Å². The minimum Gasteiger partial charge on any atom is -0.468 e. The van der Waals surface area contributed by atoms with Crippen molar-refractivity contribution in [2.24, 2.45) is 0 Å². The maximum Gasteiger partial charge on any atom is 0.120 e. The van der Waals surface area contributed by atoms with E-state index in [2.05, 4.69) is 40.0 Å². The molecular weight excluding hydrogens is 310 g/mol. The Bertz CT molecular complexity index is 640. The summed E-state index contributed by atoms with van der Waals surface area (Å²) < 4.78 is 6.74. The number of hydrogen-bond donors (Lipinski definition) is 0. The van der Waals surface area contributed by atoms with E-state index < -0.39 is 0 Å². The van der Waals surface area contributed by atoms with Crippen LogP contribution in [0.25, 0.3) is 10.2 Å². The zero-order valence-corrected chi connectivity index (χ0v) is 12.3. The van der Waals surface area contributed by atoms with Gasteiger partial charge in [0.15, 0.2) is 0 Å². The first-order valence-electron chi connectivity index (χ1n) is 5.76. The molecular formula is C14H12BrNOS. The van der Waals surface area contributed by atoms with Crippen molar-refractivity contribution in [1.29, 1.82) is 0 Å². The first-order chi connectivity index (χ1) is 8.74. The fourth-order valence-electron chi connectivity index (χ4n) is 1.96. The molecule has 18 heavy (non-hydrogen) atoms. The van der Waals surface area contributed by atoms with Crippen LogP contribution in [0.3, 0.4) is 0 Å². The van der Waals surface area contributed by atoms with Gasteiger partial charge < -0.3 is 4.42 Å². The summed E-state index contributed by atoms with van der Waals surface area (Å²) in [4.78, 5) is 4.83. The van der Waals surface area contributed by atoms with Gasteiger partial charge in [0.05, 0.1) is 26.3 Å². The van der Waals surface area contributed by atoms with Crippen molar-refractivity contribution < 1.29 is 4.42 Å². The van der Waals surface area contributed by atoms with Crippen LogP contribution in [-0.4, -0.2) is 4.98 Å². The van der Waals surface area contributed by atoms with Gasteiger partial charge in [-0.2, -0.15) is 0 Å². The Balaban J connectivity index is 1.86. The number of thiazole rings is 1. The number of fused-ring (bicyclic) bond motifs is 1. The number of nitrogens with zero attached hydrogens (tertiary/aromatic N) is 1. The predicted molar refractivity (Wildman–Crippen MR) is 78.4 cm³/mol. The molecule has 1 unspecified atom stereocenters. The fraction of sp³-hybridized carbons (Fsp3) is 0.214. The highest BCUT2D eigenvalue weighted by Crippen LogP contribution is 2.32. The van der Waals surface area contributed by atoms with Gasteiger partial charge in [0.2, 0.25) is 0 Å². The number of furan rings is 1. The summed E-state index contributed by atoms with van der Waals surface area (Å²) in [6.07, 6.45) is 2.59. The molecule has 3 aromatic rings. The zero-order chi connectivity index (χ0) is 12.5. The van der Waals surface area contributed by atoms with Crippen LogP contribution >= 0.6 is 27.3 Å². The molecule has 0 bridgehead atoms. The van der Waals surface area contributed by atoms with Crippen molar-refractivity contribution in [1.82, 2.24) is 4.98 Å². The molecule has 0 aliphatic heterocycles. The van der Waals surface area contributed by atoms with Gasteiger partial charge in [-0.3, -0.25) is 0 Å². The van der Waals surface area contributed by atoms with Gasteiger partial charge >= 0.3 is 0 Å². The van der Waals surface area contributed by atoms with E-state index in [1.165, 1.54) is 10.3 Å². The van der Waals surface area contributed by atoms with Gasteiger partial charge in [0.1, 0.15) is 5.76 Å². The third-order valence-corrected chi connectivity index (χ3v) is 4.68. The van der Waals surface area contributed by atoms with Gasteiger partial charge in [0, 0.05) is 6.42 Å². The summed E-state index contributed by atoms with van der Waals surface area (Å²) >= 11 is 5.43. The smallest absolute Gasteiger partial charge is 0.120 e. The van der Waals surface area contributed by atoms with Crippen LogP contribution in [0.5, 0.6) is 0 Å². The van der Waals surface area contributed by atoms with Gasteiger partial charge in [0.25, 0.3) is 0 Å². The first kappa shape index (κ1) is 11.9. The normalized spacial score (nSPS) is 13.0. The summed E-state index contributed by atoms with van der Waals surface area (Å²) in [5, 5.41) is 1.13. The summed E-state index contributed by atoms with van der Waals surface area (Å²) in [6.45, 7) is 2.06. The second kappa shape index (κ2) is 4.86. The van der Waals surface area contributed by atoms with Crippen molar-refractivity contribution in [2.45, 2.75) is 18.2 Å². The second-order valence-electron chi connectivity index (χ2n) is 4.21. The molecule has 2 heterocycles. The minimum atomic E-state index is 0.188. The molecule has 92 valence electrons. The molecule has 0 aliphatic rings. The molecule has 0 saturated carbocycles. The number of alkyl halides is 1. The average molecular weight is 322 g/mol. The van der Waals surface area contributed by atoms with E-state index in [9.17, 15) is 0 Å². The van der Waals surface area contributed by atoms with Crippen LogP contribution in [0.2, 0.25) is 0 Å². The number of hydrogen-bond acceptors (Lipinski definition) is 3. The summed E-state index contributed by atoms with van der Waals surface area (Å²) in [6, 6.07) is 10.2. The molecule has 0 aliphatic carbocycles.